The van der Waals surface area contributed by atoms with E-state index in [1.54, 1.807) is 0 Å². The predicted molar refractivity (Wildman–Crippen MR) is 108 cm³/mol. The second-order valence-corrected chi connectivity index (χ2v) is 7.43. The molecular formula is C22H21F4N3O3. The Hall–Kier alpha value is -3.43. The van der Waals surface area contributed by atoms with Crippen molar-refractivity contribution in [2.45, 2.75) is 37.9 Å². The third-order valence-electron chi connectivity index (χ3n) is 5.23. The Morgan fingerprint density at radius 2 is 1.75 bits per heavy atom. The molecule has 1 aliphatic heterocycles. The van der Waals surface area contributed by atoms with Crippen molar-refractivity contribution in [3.63, 3.8) is 0 Å². The fraction of sp³-hybridized carbons (Fsp3) is 0.318. The zero-order valence-electron chi connectivity index (χ0n) is 17.1. The molecule has 1 fully saturated rings. The van der Waals surface area contributed by atoms with Gasteiger partial charge in [-0.3, -0.25) is 14.5 Å². The summed E-state index contributed by atoms with van der Waals surface area (Å²) in [5.74, 6) is -2.20. The molecule has 0 bridgehead atoms. The van der Waals surface area contributed by atoms with E-state index in [4.69, 9.17) is 0 Å². The van der Waals surface area contributed by atoms with Crippen molar-refractivity contribution in [1.29, 1.82) is 0 Å². The van der Waals surface area contributed by atoms with E-state index < -0.39 is 53.2 Å². The number of nitrogens with zero attached hydrogens (tertiary/aromatic N) is 1. The lowest BCUT2D eigenvalue weighted by Gasteiger charge is -2.27. The molecule has 0 aliphatic carbocycles. The van der Waals surface area contributed by atoms with Crippen molar-refractivity contribution in [2.75, 3.05) is 11.9 Å². The maximum Gasteiger partial charge on any atom is 0.418 e. The lowest BCUT2D eigenvalue weighted by atomic mass is 9.85. The normalized spacial score (nSPS) is 18.6. The van der Waals surface area contributed by atoms with Crippen LogP contribution in [0, 0.1) is 5.82 Å². The molecule has 6 nitrogen and oxygen atoms in total. The van der Waals surface area contributed by atoms with Gasteiger partial charge in [0.2, 0.25) is 5.91 Å². The molecule has 2 N–H and O–H groups in total. The maximum absolute atomic E-state index is 13.4. The lowest BCUT2D eigenvalue weighted by molar-refractivity contribution is -0.137. The minimum Gasteiger partial charge on any atom is -0.324 e. The van der Waals surface area contributed by atoms with Gasteiger partial charge < -0.3 is 10.6 Å². The highest BCUT2D eigenvalue weighted by Gasteiger charge is 2.52. The van der Waals surface area contributed by atoms with Crippen LogP contribution in [0.4, 0.5) is 28.0 Å². The van der Waals surface area contributed by atoms with Gasteiger partial charge >= 0.3 is 12.2 Å². The van der Waals surface area contributed by atoms with E-state index >= 15 is 0 Å². The van der Waals surface area contributed by atoms with Crippen LogP contribution in [0.15, 0.2) is 48.5 Å². The number of amides is 4. The SMILES string of the molecule is CCCCC1(c2ccc(F)cc2)NC(=O)N(CC(=O)Nc2ccccc2C(F)(F)F)C1=O. The first-order chi connectivity index (χ1) is 15.1. The van der Waals surface area contributed by atoms with Gasteiger partial charge in [0, 0.05) is 0 Å². The van der Waals surface area contributed by atoms with E-state index in [0.29, 0.717) is 23.3 Å². The van der Waals surface area contributed by atoms with Gasteiger partial charge in [0.05, 0.1) is 11.3 Å². The number of benzene rings is 2. The standard InChI is InChI=1S/C22H21F4N3O3/c1-2-3-12-21(14-8-10-15(23)11-9-14)19(31)29(20(32)28-21)13-18(30)27-17-7-5-4-6-16(17)22(24,25)26/h4-11H,2-3,12-13H2,1H3,(H,27,30)(H,28,32). The quantitative estimate of drug-likeness (QED) is 0.483. The van der Waals surface area contributed by atoms with E-state index in [0.717, 1.165) is 24.3 Å². The number of alkyl halides is 3. The molecule has 0 radical (unpaired) electrons. The highest BCUT2D eigenvalue weighted by atomic mass is 19.4. The Morgan fingerprint density at radius 3 is 2.38 bits per heavy atom. The summed E-state index contributed by atoms with van der Waals surface area (Å²) in [4.78, 5) is 38.9. The summed E-state index contributed by atoms with van der Waals surface area (Å²) >= 11 is 0. The number of unbranched alkanes of at least 4 members (excludes halogenated alkanes) is 1. The van der Waals surface area contributed by atoms with Crippen molar-refractivity contribution in [1.82, 2.24) is 10.2 Å². The number of nitrogens with one attached hydrogen (secondary N) is 2. The van der Waals surface area contributed by atoms with Crippen molar-refractivity contribution in [2.24, 2.45) is 0 Å². The van der Waals surface area contributed by atoms with E-state index in [-0.39, 0.29) is 6.42 Å². The summed E-state index contributed by atoms with van der Waals surface area (Å²) < 4.78 is 52.9. The van der Waals surface area contributed by atoms with E-state index in [9.17, 15) is 31.9 Å². The number of carbonyl (C=O) groups is 3. The second kappa shape index (κ2) is 8.97. The van der Waals surface area contributed by atoms with Crippen LogP contribution in [-0.4, -0.2) is 29.3 Å². The minimum absolute atomic E-state index is 0.217. The third-order valence-corrected chi connectivity index (χ3v) is 5.23. The van der Waals surface area contributed by atoms with Gasteiger partial charge in [-0.05, 0) is 36.2 Å². The summed E-state index contributed by atoms with van der Waals surface area (Å²) in [6, 6.07) is 8.62. The van der Waals surface area contributed by atoms with E-state index in [1.807, 2.05) is 6.92 Å². The van der Waals surface area contributed by atoms with Gasteiger partial charge in [-0.25, -0.2) is 9.18 Å². The Bertz CT molecular complexity index is 1020. The lowest BCUT2D eigenvalue weighted by Crippen LogP contribution is -2.44. The molecule has 1 unspecified atom stereocenters. The van der Waals surface area contributed by atoms with Gasteiger partial charge in [-0.1, -0.05) is 44.0 Å². The zero-order chi connectivity index (χ0) is 23.5. The maximum atomic E-state index is 13.4. The molecule has 0 aromatic heterocycles. The minimum atomic E-state index is -4.69. The topological polar surface area (TPSA) is 78.5 Å². The number of rotatable bonds is 7. The molecule has 1 aliphatic rings. The molecule has 0 spiro atoms. The zero-order valence-corrected chi connectivity index (χ0v) is 17.1. The summed E-state index contributed by atoms with van der Waals surface area (Å²) in [5, 5.41) is 4.72. The Labute approximate surface area is 181 Å². The number of carbonyl (C=O) groups excluding carboxylic acids is 3. The first-order valence-corrected chi connectivity index (χ1v) is 9.94. The molecule has 3 rings (SSSR count). The van der Waals surface area contributed by atoms with Crippen molar-refractivity contribution >= 4 is 23.5 Å². The molecule has 2 aromatic carbocycles. The molecule has 10 heteroatoms. The number of urea groups is 1. The van der Waals surface area contributed by atoms with Crippen LogP contribution in [0.3, 0.4) is 0 Å². The van der Waals surface area contributed by atoms with Crippen LogP contribution in [-0.2, 0) is 21.3 Å². The molecule has 1 saturated heterocycles. The van der Waals surface area contributed by atoms with Gasteiger partial charge in [0.1, 0.15) is 17.9 Å². The molecule has 0 saturated carbocycles. The molecule has 1 heterocycles. The number of anilines is 1. The average molecular weight is 451 g/mol. The first kappa shape index (κ1) is 23.2. The van der Waals surface area contributed by atoms with Gasteiger partial charge in [0.15, 0.2) is 0 Å². The summed E-state index contributed by atoms with van der Waals surface area (Å²) in [5.41, 5.74) is -2.65. The van der Waals surface area contributed by atoms with Crippen LogP contribution in [0.1, 0.15) is 37.3 Å². The third kappa shape index (κ3) is 4.58. The number of hydrogen-bond acceptors (Lipinski definition) is 3. The van der Waals surface area contributed by atoms with Gasteiger partial charge in [0.25, 0.3) is 5.91 Å². The largest absolute Gasteiger partial charge is 0.418 e. The Morgan fingerprint density at radius 1 is 1.09 bits per heavy atom. The monoisotopic (exact) mass is 451 g/mol. The van der Waals surface area contributed by atoms with Crippen molar-refractivity contribution in [3.8, 4) is 0 Å². The molecular weight excluding hydrogens is 430 g/mol. The fourth-order valence-corrected chi connectivity index (χ4v) is 3.63. The van der Waals surface area contributed by atoms with Crippen LogP contribution < -0.4 is 10.6 Å². The first-order valence-electron chi connectivity index (χ1n) is 9.94. The Kier molecular flexibility index (Phi) is 6.52. The van der Waals surface area contributed by atoms with Crippen molar-refractivity contribution < 1.29 is 31.9 Å². The molecule has 1 atom stereocenters. The highest BCUT2D eigenvalue weighted by Crippen LogP contribution is 2.36. The van der Waals surface area contributed by atoms with E-state index in [1.165, 1.54) is 24.3 Å². The number of imide groups is 1. The van der Waals surface area contributed by atoms with Crippen LogP contribution in [0.5, 0.6) is 0 Å². The predicted octanol–water partition coefficient (Wildman–Crippen LogP) is 4.42. The van der Waals surface area contributed by atoms with Crippen molar-refractivity contribution in [3.05, 3.63) is 65.5 Å². The van der Waals surface area contributed by atoms with Crippen LogP contribution in [0.2, 0.25) is 0 Å². The average Bonchev–Trinajstić information content (AvgIpc) is 2.97. The van der Waals surface area contributed by atoms with E-state index in [2.05, 4.69) is 10.6 Å². The smallest absolute Gasteiger partial charge is 0.324 e. The number of halogens is 4. The number of para-hydroxylation sites is 1. The van der Waals surface area contributed by atoms with Gasteiger partial charge in [-0.15, -0.1) is 0 Å². The summed E-state index contributed by atoms with van der Waals surface area (Å²) in [6.07, 6.45) is -3.21. The number of hydrogen-bond donors (Lipinski definition) is 2. The summed E-state index contributed by atoms with van der Waals surface area (Å²) in [6.45, 7) is 1.12. The Balaban J connectivity index is 1.83. The fourth-order valence-electron chi connectivity index (χ4n) is 3.63. The molecule has 2 aromatic rings. The van der Waals surface area contributed by atoms with Crippen LogP contribution in [0.25, 0.3) is 0 Å². The molecule has 170 valence electrons. The summed E-state index contributed by atoms with van der Waals surface area (Å²) in [7, 11) is 0. The molecule has 32 heavy (non-hydrogen) atoms. The van der Waals surface area contributed by atoms with Gasteiger partial charge in [-0.2, -0.15) is 13.2 Å². The highest BCUT2D eigenvalue weighted by molar-refractivity contribution is 6.10. The molecule has 4 amide bonds. The second-order valence-electron chi connectivity index (χ2n) is 7.43. The van der Waals surface area contributed by atoms with Crippen LogP contribution >= 0.6 is 0 Å².